The summed E-state index contributed by atoms with van der Waals surface area (Å²) < 4.78 is 0. The Morgan fingerprint density at radius 3 is 3.00 bits per heavy atom. The summed E-state index contributed by atoms with van der Waals surface area (Å²) in [6.07, 6.45) is 4.49. The molecule has 0 bridgehead atoms. The second kappa shape index (κ2) is 4.05. The quantitative estimate of drug-likeness (QED) is 0.547. The van der Waals surface area contributed by atoms with Crippen molar-refractivity contribution in [1.82, 2.24) is 4.98 Å². The number of allylic oxidation sites excluding steroid dienone is 1. The predicted octanol–water partition coefficient (Wildman–Crippen LogP) is 2.84. The monoisotopic (exact) mass is 197 g/mol. The normalized spacial score (nSPS) is 11.7. The van der Waals surface area contributed by atoms with Crippen molar-refractivity contribution in [2.45, 2.75) is 6.92 Å². The van der Waals surface area contributed by atoms with Crippen LogP contribution in [0.25, 0.3) is 17.0 Å². The van der Waals surface area contributed by atoms with Gasteiger partial charge < -0.3 is 0 Å². The van der Waals surface area contributed by atoms with E-state index in [1.807, 2.05) is 36.4 Å². The first-order valence-electron chi connectivity index (χ1n) is 4.78. The minimum atomic E-state index is 0.721. The molecule has 0 radical (unpaired) electrons. The van der Waals surface area contributed by atoms with Gasteiger partial charge >= 0.3 is 0 Å². The van der Waals surface area contributed by atoms with Gasteiger partial charge in [-0.25, -0.2) is 0 Å². The van der Waals surface area contributed by atoms with Crippen LogP contribution >= 0.6 is 0 Å². The summed E-state index contributed by atoms with van der Waals surface area (Å²) >= 11 is 0. The van der Waals surface area contributed by atoms with Gasteiger partial charge in [0.25, 0.3) is 0 Å². The zero-order chi connectivity index (χ0) is 10.7. The maximum atomic E-state index is 10.5. The van der Waals surface area contributed by atoms with E-state index in [1.165, 1.54) is 0 Å². The van der Waals surface area contributed by atoms with Crippen molar-refractivity contribution >= 4 is 23.3 Å². The van der Waals surface area contributed by atoms with E-state index in [9.17, 15) is 4.79 Å². The average molecular weight is 197 g/mol. The van der Waals surface area contributed by atoms with Gasteiger partial charge in [-0.3, -0.25) is 9.78 Å². The number of aldehydes is 1. The molecule has 0 aliphatic rings. The second-order valence-corrected chi connectivity index (χ2v) is 3.46. The number of benzene rings is 1. The van der Waals surface area contributed by atoms with Gasteiger partial charge in [0.15, 0.2) is 0 Å². The number of hydrogen-bond acceptors (Lipinski definition) is 2. The summed E-state index contributed by atoms with van der Waals surface area (Å²) in [5, 5.41) is 1.09. The zero-order valence-electron chi connectivity index (χ0n) is 8.47. The van der Waals surface area contributed by atoms with Gasteiger partial charge in [-0.15, -0.1) is 0 Å². The molecule has 0 atom stereocenters. The van der Waals surface area contributed by atoms with Crippen molar-refractivity contribution in [3.05, 3.63) is 47.7 Å². The molecular formula is C13H11NO. The topological polar surface area (TPSA) is 30.0 Å². The molecule has 0 aliphatic heterocycles. The molecule has 1 aromatic carbocycles. The molecule has 0 saturated carbocycles. The largest absolute Gasteiger partial charge is 0.298 e. The molecule has 2 rings (SSSR count). The highest BCUT2D eigenvalue weighted by Crippen LogP contribution is 2.15. The van der Waals surface area contributed by atoms with E-state index in [4.69, 9.17) is 0 Å². The third-order valence-electron chi connectivity index (χ3n) is 2.21. The van der Waals surface area contributed by atoms with Crippen LogP contribution in [0, 0.1) is 0 Å². The number of carbonyl (C=O) groups excluding carboxylic acids is 1. The van der Waals surface area contributed by atoms with Crippen LogP contribution in [0.3, 0.4) is 0 Å². The Kier molecular flexibility index (Phi) is 2.59. The van der Waals surface area contributed by atoms with Gasteiger partial charge in [-0.05, 0) is 42.3 Å². The fourth-order valence-electron chi connectivity index (χ4n) is 1.48. The van der Waals surface area contributed by atoms with Gasteiger partial charge in [0, 0.05) is 11.6 Å². The molecule has 0 spiro atoms. The molecule has 1 aromatic heterocycles. The summed E-state index contributed by atoms with van der Waals surface area (Å²) in [5.74, 6) is 0. The third kappa shape index (κ3) is 2.10. The Balaban J connectivity index is 2.52. The van der Waals surface area contributed by atoms with E-state index in [1.54, 1.807) is 13.1 Å². The Hall–Kier alpha value is -1.96. The molecule has 0 aliphatic carbocycles. The Morgan fingerprint density at radius 2 is 2.20 bits per heavy atom. The number of rotatable bonds is 2. The molecule has 0 saturated heterocycles. The van der Waals surface area contributed by atoms with Crippen molar-refractivity contribution in [2.24, 2.45) is 0 Å². The minimum absolute atomic E-state index is 0.721. The number of aromatic nitrogens is 1. The van der Waals surface area contributed by atoms with Crippen molar-refractivity contribution in [3.8, 4) is 0 Å². The van der Waals surface area contributed by atoms with Gasteiger partial charge in [-0.1, -0.05) is 12.1 Å². The summed E-state index contributed by atoms with van der Waals surface area (Å²) in [6.45, 7) is 1.79. The number of hydrogen-bond donors (Lipinski definition) is 0. The average Bonchev–Trinajstić information content (AvgIpc) is 2.29. The molecule has 2 nitrogen and oxygen atoms in total. The van der Waals surface area contributed by atoms with E-state index in [2.05, 4.69) is 4.98 Å². The lowest BCUT2D eigenvalue weighted by molar-refractivity contribution is -0.104. The molecule has 0 unspecified atom stereocenters. The smallest absolute Gasteiger partial charge is 0.145 e. The number of nitrogens with zero attached hydrogens (tertiary/aromatic N) is 1. The van der Waals surface area contributed by atoms with Gasteiger partial charge in [0.1, 0.15) is 6.29 Å². The SMILES string of the molecule is CC(C=O)=Cc1ccc2ncccc2c1. The Morgan fingerprint density at radius 1 is 1.33 bits per heavy atom. The van der Waals surface area contributed by atoms with Gasteiger partial charge in [0.2, 0.25) is 0 Å². The highest BCUT2D eigenvalue weighted by molar-refractivity contribution is 5.85. The fraction of sp³-hybridized carbons (Fsp3) is 0.0769. The summed E-state index contributed by atoms with van der Waals surface area (Å²) in [5.41, 5.74) is 2.72. The number of carbonyl (C=O) groups is 1. The first-order valence-corrected chi connectivity index (χ1v) is 4.78. The van der Waals surface area contributed by atoms with Crippen LogP contribution in [0.15, 0.2) is 42.1 Å². The Labute approximate surface area is 88.3 Å². The molecule has 0 N–H and O–H groups in total. The highest BCUT2D eigenvalue weighted by atomic mass is 16.1. The van der Waals surface area contributed by atoms with Crippen LogP contribution in [-0.4, -0.2) is 11.3 Å². The van der Waals surface area contributed by atoms with Crippen LogP contribution in [0.4, 0.5) is 0 Å². The van der Waals surface area contributed by atoms with Crippen LogP contribution in [0.1, 0.15) is 12.5 Å². The van der Waals surface area contributed by atoms with Crippen molar-refractivity contribution in [1.29, 1.82) is 0 Å². The molecular weight excluding hydrogens is 186 g/mol. The summed E-state index contributed by atoms with van der Waals surface area (Å²) in [4.78, 5) is 14.7. The van der Waals surface area contributed by atoms with E-state index in [-0.39, 0.29) is 0 Å². The van der Waals surface area contributed by atoms with Gasteiger partial charge in [-0.2, -0.15) is 0 Å². The van der Waals surface area contributed by atoms with E-state index >= 15 is 0 Å². The van der Waals surface area contributed by atoms with Crippen LogP contribution in [0.5, 0.6) is 0 Å². The molecule has 1 heterocycles. The van der Waals surface area contributed by atoms with Crippen LogP contribution in [0.2, 0.25) is 0 Å². The first kappa shape index (κ1) is 9.59. The van der Waals surface area contributed by atoms with Crippen molar-refractivity contribution in [3.63, 3.8) is 0 Å². The molecule has 2 aromatic rings. The predicted molar refractivity (Wildman–Crippen MR) is 61.5 cm³/mol. The lowest BCUT2D eigenvalue weighted by Crippen LogP contribution is -1.81. The van der Waals surface area contributed by atoms with E-state index in [0.29, 0.717) is 0 Å². The zero-order valence-corrected chi connectivity index (χ0v) is 8.47. The van der Waals surface area contributed by atoms with Crippen molar-refractivity contribution in [2.75, 3.05) is 0 Å². The molecule has 0 amide bonds. The first-order chi connectivity index (χ1) is 7.29. The molecule has 0 fully saturated rings. The third-order valence-corrected chi connectivity index (χ3v) is 2.21. The maximum Gasteiger partial charge on any atom is 0.145 e. The fourth-order valence-corrected chi connectivity index (χ4v) is 1.48. The standard InChI is InChI=1S/C13H11NO/c1-10(9-15)7-11-4-5-13-12(8-11)3-2-6-14-13/h2-9H,1H3. The van der Waals surface area contributed by atoms with Crippen LogP contribution in [-0.2, 0) is 4.79 Å². The lowest BCUT2D eigenvalue weighted by Gasteiger charge is -1.98. The summed E-state index contributed by atoms with van der Waals surface area (Å²) in [7, 11) is 0. The maximum absolute atomic E-state index is 10.5. The summed E-state index contributed by atoms with van der Waals surface area (Å²) in [6, 6.07) is 9.86. The van der Waals surface area contributed by atoms with Crippen LogP contribution < -0.4 is 0 Å². The van der Waals surface area contributed by atoms with Gasteiger partial charge in [0.05, 0.1) is 5.52 Å². The molecule has 2 heteroatoms. The highest BCUT2D eigenvalue weighted by Gasteiger charge is 1.94. The number of fused-ring (bicyclic) bond motifs is 1. The lowest BCUT2D eigenvalue weighted by atomic mass is 10.1. The van der Waals surface area contributed by atoms with E-state index < -0.39 is 0 Å². The molecule has 15 heavy (non-hydrogen) atoms. The van der Waals surface area contributed by atoms with Crippen molar-refractivity contribution < 1.29 is 4.79 Å². The van der Waals surface area contributed by atoms with E-state index in [0.717, 1.165) is 28.3 Å². The minimum Gasteiger partial charge on any atom is -0.298 e. The number of pyridine rings is 1. The Bertz CT molecular complexity index is 529. The second-order valence-electron chi connectivity index (χ2n) is 3.46. The molecule has 74 valence electrons.